The van der Waals surface area contributed by atoms with Crippen molar-refractivity contribution >= 4 is 23.0 Å². The van der Waals surface area contributed by atoms with Crippen LogP contribution in [0.4, 0.5) is 0 Å². The van der Waals surface area contributed by atoms with Crippen LogP contribution in [0.25, 0.3) is 0 Å². The highest BCUT2D eigenvalue weighted by Gasteiger charge is 2.22. The number of fused-ring (bicyclic) bond motifs is 1. The van der Waals surface area contributed by atoms with Crippen LogP contribution in [0.3, 0.4) is 0 Å². The Labute approximate surface area is 131 Å². The number of pyridine rings is 1. The standard InChI is InChI=1S/C16H16N2O3S/c1-9(14-6-3-7-22-14)17-15(20)11-8-10-12(18-16(11)21)4-2-5-13(10)19/h3,6-9H,2,4-5H2,1H3,(H,17,20)(H,18,21). The van der Waals surface area contributed by atoms with Crippen LogP contribution in [-0.2, 0) is 6.42 Å². The number of aromatic amines is 1. The summed E-state index contributed by atoms with van der Waals surface area (Å²) in [6, 6.07) is 5.09. The highest BCUT2D eigenvalue weighted by atomic mass is 32.1. The van der Waals surface area contributed by atoms with Crippen molar-refractivity contribution in [2.75, 3.05) is 0 Å². The molecule has 1 aliphatic rings. The molecule has 2 aromatic rings. The minimum Gasteiger partial charge on any atom is -0.345 e. The second-order valence-electron chi connectivity index (χ2n) is 5.39. The third-order valence-corrected chi connectivity index (χ3v) is 4.87. The number of nitrogens with one attached hydrogen (secondary N) is 2. The van der Waals surface area contributed by atoms with Gasteiger partial charge >= 0.3 is 0 Å². The summed E-state index contributed by atoms with van der Waals surface area (Å²) in [7, 11) is 0. The second-order valence-corrected chi connectivity index (χ2v) is 6.37. The van der Waals surface area contributed by atoms with Gasteiger partial charge in [-0.05, 0) is 37.3 Å². The maximum Gasteiger partial charge on any atom is 0.261 e. The van der Waals surface area contributed by atoms with E-state index in [-0.39, 0.29) is 17.4 Å². The first-order chi connectivity index (χ1) is 10.6. The third kappa shape index (κ3) is 2.74. The maximum absolute atomic E-state index is 12.3. The predicted molar refractivity (Wildman–Crippen MR) is 84.5 cm³/mol. The smallest absolute Gasteiger partial charge is 0.261 e. The average molecular weight is 316 g/mol. The molecule has 0 bridgehead atoms. The topological polar surface area (TPSA) is 79.0 Å². The SMILES string of the molecule is CC(NC(=O)c1cc2c([nH]c1=O)CCCC2=O)c1cccs1. The zero-order chi connectivity index (χ0) is 15.7. The third-order valence-electron chi connectivity index (χ3n) is 3.82. The fourth-order valence-corrected chi connectivity index (χ4v) is 3.36. The molecule has 6 heteroatoms. The number of Topliss-reactive ketones (excluding diaryl/α,β-unsaturated/α-hetero) is 1. The van der Waals surface area contributed by atoms with Crippen LogP contribution in [0.1, 0.15) is 57.1 Å². The first kappa shape index (κ1) is 14.7. The Kier molecular flexibility index (Phi) is 3.94. The van der Waals surface area contributed by atoms with E-state index in [9.17, 15) is 14.4 Å². The first-order valence-corrected chi connectivity index (χ1v) is 8.08. The largest absolute Gasteiger partial charge is 0.345 e. The molecule has 5 nitrogen and oxygen atoms in total. The van der Waals surface area contributed by atoms with E-state index in [0.717, 1.165) is 11.3 Å². The fourth-order valence-electron chi connectivity index (χ4n) is 2.63. The number of carbonyl (C=O) groups is 2. The number of rotatable bonds is 3. The van der Waals surface area contributed by atoms with Crippen molar-refractivity contribution in [3.8, 4) is 0 Å². The van der Waals surface area contributed by atoms with Gasteiger partial charge in [0.1, 0.15) is 5.56 Å². The van der Waals surface area contributed by atoms with Gasteiger partial charge in [0, 0.05) is 22.6 Å². The number of thiophene rings is 1. The molecule has 0 fully saturated rings. The lowest BCUT2D eigenvalue weighted by Crippen LogP contribution is -2.33. The van der Waals surface area contributed by atoms with E-state index in [1.54, 1.807) is 11.3 Å². The molecule has 1 atom stereocenters. The lowest BCUT2D eigenvalue weighted by molar-refractivity contribution is 0.0939. The number of carbonyl (C=O) groups excluding carboxylic acids is 2. The fraction of sp³-hybridized carbons (Fsp3) is 0.312. The molecule has 1 unspecified atom stereocenters. The molecule has 1 aliphatic carbocycles. The maximum atomic E-state index is 12.3. The Morgan fingerprint density at radius 1 is 1.36 bits per heavy atom. The summed E-state index contributed by atoms with van der Waals surface area (Å²) in [5.74, 6) is -0.471. The molecular weight excluding hydrogens is 300 g/mol. The summed E-state index contributed by atoms with van der Waals surface area (Å²) < 4.78 is 0. The molecule has 0 aromatic carbocycles. The number of H-pyrrole nitrogens is 1. The van der Waals surface area contributed by atoms with Gasteiger partial charge in [0.15, 0.2) is 5.78 Å². The van der Waals surface area contributed by atoms with E-state index in [2.05, 4.69) is 10.3 Å². The Morgan fingerprint density at radius 3 is 2.91 bits per heavy atom. The zero-order valence-electron chi connectivity index (χ0n) is 12.1. The van der Waals surface area contributed by atoms with Gasteiger partial charge in [-0.15, -0.1) is 11.3 Å². The minimum absolute atomic E-state index is 0.00240. The minimum atomic E-state index is -0.455. The summed E-state index contributed by atoms with van der Waals surface area (Å²) in [6.45, 7) is 1.86. The van der Waals surface area contributed by atoms with Crippen LogP contribution < -0.4 is 10.9 Å². The number of hydrogen-bond acceptors (Lipinski definition) is 4. The molecule has 0 saturated heterocycles. The van der Waals surface area contributed by atoms with E-state index in [4.69, 9.17) is 0 Å². The van der Waals surface area contributed by atoms with Crippen molar-refractivity contribution in [2.24, 2.45) is 0 Å². The molecule has 2 heterocycles. The highest BCUT2D eigenvalue weighted by Crippen LogP contribution is 2.20. The summed E-state index contributed by atoms with van der Waals surface area (Å²) in [5, 5.41) is 4.73. The summed E-state index contributed by atoms with van der Waals surface area (Å²) in [6.07, 6.45) is 1.87. The Bertz CT molecular complexity index is 777. The van der Waals surface area contributed by atoms with Crippen LogP contribution >= 0.6 is 11.3 Å². The zero-order valence-corrected chi connectivity index (χ0v) is 13.0. The monoisotopic (exact) mass is 316 g/mol. The van der Waals surface area contributed by atoms with Crippen molar-refractivity contribution in [3.05, 3.63) is 55.6 Å². The van der Waals surface area contributed by atoms with Gasteiger partial charge in [0.2, 0.25) is 0 Å². The number of aromatic nitrogens is 1. The Morgan fingerprint density at radius 2 is 2.18 bits per heavy atom. The quantitative estimate of drug-likeness (QED) is 0.913. The molecule has 0 radical (unpaired) electrons. The van der Waals surface area contributed by atoms with Crippen molar-refractivity contribution in [2.45, 2.75) is 32.2 Å². The first-order valence-electron chi connectivity index (χ1n) is 7.20. The molecule has 0 spiro atoms. The van der Waals surface area contributed by atoms with Gasteiger partial charge in [0.25, 0.3) is 11.5 Å². The Hall–Kier alpha value is -2.21. The molecule has 0 aliphatic heterocycles. The molecular formula is C16H16N2O3S. The summed E-state index contributed by atoms with van der Waals surface area (Å²) in [5.41, 5.74) is 0.672. The molecule has 2 N–H and O–H groups in total. The van der Waals surface area contributed by atoms with Gasteiger partial charge in [0.05, 0.1) is 6.04 Å². The summed E-state index contributed by atoms with van der Waals surface area (Å²) in [4.78, 5) is 40.0. The van der Waals surface area contributed by atoms with Crippen LogP contribution in [0, 0.1) is 0 Å². The average Bonchev–Trinajstić information content (AvgIpc) is 3.01. The van der Waals surface area contributed by atoms with Crippen LogP contribution in [0.5, 0.6) is 0 Å². The normalized spacial score (nSPS) is 15.2. The molecule has 0 saturated carbocycles. The lowest BCUT2D eigenvalue weighted by Gasteiger charge is -2.16. The summed E-state index contributed by atoms with van der Waals surface area (Å²) >= 11 is 1.54. The number of hydrogen-bond donors (Lipinski definition) is 2. The molecule has 2 aromatic heterocycles. The van der Waals surface area contributed by atoms with Crippen molar-refractivity contribution < 1.29 is 9.59 Å². The lowest BCUT2D eigenvalue weighted by atomic mass is 9.93. The number of ketones is 1. The van der Waals surface area contributed by atoms with Crippen molar-refractivity contribution in [1.82, 2.24) is 10.3 Å². The van der Waals surface area contributed by atoms with Gasteiger partial charge in [-0.2, -0.15) is 0 Å². The molecule has 3 rings (SSSR count). The molecule has 114 valence electrons. The van der Waals surface area contributed by atoms with Crippen LogP contribution in [0.2, 0.25) is 0 Å². The van der Waals surface area contributed by atoms with Gasteiger partial charge < -0.3 is 10.3 Å². The number of amides is 1. The van der Waals surface area contributed by atoms with Crippen molar-refractivity contribution in [3.63, 3.8) is 0 Å². The second kappa shape index (κ2) is 5.88. The van der Waals surface area contributed by atoms with E-state index in [0.29, 0.717) is 24.1 Å². The van der Waals surface area contributed by atoms with E-state index >= 15 is 0 Å². The van der Waals surface area contributed by atoms with E-state index < -0.39 is 11.5 Å². The number of aryl methyl sites for hydroxylation is 1. The van der Waals surface area contributed by atoms with E-state index in [1.807, 2.05) is 24.4 Å². The van der Waals surface area contributed by atoms with Gasteiger partial charge in [-0.3, -0.25) is 14.4 Å². The van der Waals surface area contributed by atoms with Gasteiger partial charge in [-0.25, -0.2) is 0 Å². The Balaban J connectivity index is 1.88. The van der Waals surface area contributed by atoms with Crippen LogP contribution in [0.15, 0.2) is 28.4 Å². The van der Waals surface area contributed by atoms with Crippen molar-refractivity contribution in [1.29, 1.82) is 0 Å². The highest BCUT2D eigenvalue weighted by molar-refractivity contribution is 7.10. The predicted octanol–water partition coefficient (Wildman–Crippen LogP) is 2.45. The van der Waals surface area contributed by atoms with Gasteiger partial charge in [-0.1, -0.05) is 6.07 Å². The molecule has 1 amide bonds. The van der Waals surface area contributed by atoms with Crippen LogP contribution in [-0.4, -0.2) is 16.7 Å². The molecule has 22 heavy (non-hydrogen) atoms. The van der Waals surface area contributed by atoms with E-state index in [1.165, 1.54) is 6.07 Å².